The van der Waals surface area contributed by atoms with Crippen molar-refractivity contribution < 1.29 is 22.3 Å². The average Bonchev–Trinajstić information content (AvgIpc) is 3.44. The van der Waals surface area contributed by atoms with Crippen molar-refractivity contribution in [1.29, 1.82) is 0 Å². The molecule has 0 radical (unpaired) electrons. The third-order valence-corrected chi connectivity index (χ3v) is 6.41. The first kappa shape index (κ1) is 20.6. The molecular formula is C19H20ClFN2O4S. The molecule has 3 rings (SSSR count). The summed E-state index contributed by atoms with van der Waals surface area (Å²) in [7, 11) is -2.43. The summed E-state index contributed by atoms with van der Waals surface area (Å²) < 4.78 is 46.2. The van der Waals surface area contributed by atoms with Gasteiger partial charge in [0.15, 0.2) is 11.6 Å². The van der Waals surface area contributed by atoms with Gasteiger partial charge in [0.25, 0.3) is 5.91 Å². The van der Waals surface area contributed by atoms with E-state index in [1.165, 1.54) is 37.4 Å². The van der Waals surface area contributed by atoms with Gasteiger partial charge in [0.2, 0.25) is 10.0 Å². The van der Waals surface area contributed by atoms with Crippen LogP contribution < -0.4 is 14.8 Å². The molecule has 9 heteroatoms. The second kappa shape index (κ2) is 8.06. The number of sulfonamides is 1. The Bertz CT molecular complexity index is 1010. The van der Waals surface area contributed by atoms with E-state index in [0.29, 0.717) is 5.56 Å². The van der Waals surface area contributed by atoms with Crippen molar-refractivity contribution in [3.05, 3.63) is 58.4 Å². The Morgan fingerprint density at radius 3 is 2.57 bits per heavy atom. The van der Waals surface area contributed by atoms with E-state index in [1.54, 1.807) is 13.0 Å². The highest BCUT2D eigenvalue weighted by atomic mass is 35.5. The third-order valence-electron chi connectivity index (χ3n) is 4.41. The zero-order valence-corrected chi connectivity index (χ0v) is 16.9. The van der Waals surface area contributed by atoms with Crippen molar-refractivity contribution in [2.45, 2.75) is 36.7 Å². The summed E-state index contributed by atoms with van der Waals surface area (Å²) in [6, 6.07) is 7.86. The van der Waals surface area contributed by atoms with E-state index in [4.69, 9.17) is 16.3 Å². The molecule has 2 aromatic rings. The number of ether oxygens (including phenoxy) is 1. The highest BCUT2D eigenvalue weighted by molar-refractivity contribution is 7.89. The average molecular weight is 427 g/mol. The molecule has 1 unspecified atom stereocenters. The van der Waals surface area contributed by atoms with E-state index in [9.17, 15) is 17.6 Å². The van der Waals surface area contributed by atoms with Crippen molar-refractivity contribution in [3.63, 3.8) is 0 Å². The fourth-order valence-corrected chi connectivity index (χ4v) is 4.48. The van der Waals surface area contributed by atoms with E-state index in [2.05, 4.69) is 10.0 Å². The SMILES string of the molecule is COc1ccc(C(C)NC(=O)c2ccc(Cl)c(S(=O)(=O)NC3CC3)c2)cc1F. The van der Waals surface area contributed by atoms with Crippen molar-refractivity contribution in [2.24, 2.45) is 0 Å². The first-order valence-corrected chi connectivity index (χ1v) is 10.5. The molecule has 1 amide bonds. The van der Waals surface area contributed by atoms with Crippen molar-refractivity contribution in [1.82, 2.24) is 10.0 Å². The van der Waals surface area contributed by atoms with Crippen molar-refractivity contribution in [2.75, 3.05) is 7.11 Å². The number of carbonyl (C=O) groups excluding carboxylic acids is 1. The van der Waals surface area contributed by atoms with Gasteiger partial charge in [-0.3, -0.25) is 4.79 Å². The number of amides is 1. The lowest BCUT2D eigenvalue weighted by Gasteiger charge is -2.16. The molecule has 150 valence electrons. The Kier molecular flexibility index (Phi) is 5.92. The van der Waals surface area contributed by atoms with Crippen LogP contribution >= 0.6 is 11.6 Å². The van der Waals surface area contributed by atoms with Crippen LogP contribution in [0.2, 0.25) is 5.02 Å². The quantitative estimate of drug-likeness (QED) is 0.710. The number of methoxy groups -OCH3 is 1. The molecule has 1 saturated carbocycles. The Morgan fingerprint density at radius 2 is 1.96 bits per heavy atom. The normalized spacial score (nSPS) is 15.1. The zero-order valence-electron chi connectivity index (χ0n) is 15.3. The highest BCUT2D eigenvalue weighted by Gasteiger charge is 2.29. The first-order chi connectivity index (χ1) is 13.2. The number of nitrogens with one attached hydrogen (secondary N) is 2. The second-order valence-corrected chi connectivity index (χ2v) is 8.72. The minimum atomic E-state index is -3.80. The molecule has 2 aromatic carbocycles. The van der Waals surface area contributed by atoms with E-state index in [1.807, 2.05) is 0 Å². The van der Waals surface area contributed by atoms with Crippen molar-refractivity contribution in [3.8, 4) is 5.75 Å². The molecule has 0 saturated heterocycles. The van der Waals surface area contributed by atoms with Gasteiger partial charge in [-0.15, -0.1) is 0 Å². The van der Waals surface area contributed by atoms with Gasteiger partial charge < -0.3 is 10.1 Å². The van der Waals surface area contributed by atoms with E-state index >= 15 is 0 Å². The molecule has 0 aliphatic heterocycles. The topological polar surface area (TPSA) is 84.5 Å². The summed E-state index contributed by atoms with van der Waals surface area (Å²) in [5.74, 6) is -0.923. The van der Waals surface area contributed by atoms with Gasteiger partial charge >= 0.3 is 0 Å². The fourth-order valence-electron chi connectivity index (χ4n) is 2.65. The van der Waals surface area contributed by atoms with Crippen molar-refractivity contribution >= 4 is 27.5 Å². The van der Waals surface area contributed by atoms with Crippen LogP contribution in [0.15, 0.2) is 41.3 Å². The maximum absolute atomic E-state index is 13.9. The van der Waals surface area contributed by atoms with Crippen LogP contribution in [0, 0.1) is 5.82 Å². The van der Waals surface area contributed by atoms with Gasteiger partial charge in [-0.1, -0.05) is 17.7 Å². The Hall–Kier alpha value is -2.16. The lowest BCUT2D eigenvalue weighted by Crippen LogP contribution is -2.28. The number of hydrogen-bond donors (Lipinski definition) is 2. The molecular weight excluding hydrogens is 407 g/mol. The van der Waals surface area contributed by atoms with Crippen LogP contribution in [-0.2, 0) is 10.0 Å². The van der Waals surface area contributed by atoms with Gasteiger partial charge in [-0.2, -0.15) is 0 Å². The standard InChI is InChI=1S/C19H20ClFN2O4S/c1-11(12-4-8-17(27-2)16(21)9-12)22-19(24)13-3-7-15(20)18(10-13)28(25,26)23-14-5-6-14/h3-4,7-11,14,23H,5-6H2,1-2H3,(H,22,24). The first-order valence-electron chi connectivity index (χ1n) is 8.67. The predicted molar refractivity (Wildman–Crippen MR) is 104 cm³/mol. The number of halogens is 2. The summed E-state index contributed by atoms with van der Waals surface area (Å²) in [5.41, 5.74) is 0.685. The molecule has 0 bridgehead atoms. The fraction of sp³-hybridized carbons (Fsp3) is 0.316. The minimum Gasteiger partial charge on any atom is -0.494 e. The summed E-state index contributed by atoms with van der Waals surface area (Å²) in [4.78, 5) is 12.4. The van der Waals surface area contributed by atoms with E-state index in [0.717, 1.165) is 12.8 Å². The van der Waals surface area contributed by atoms with Crippen LogP contribution in [0.3, 0.4) is 0 Å². The summed E-state index contributed by atoms with van der Waals surface area (Å²) in [6.07, 6.45) is 1.57. The van der Waals surface area contributed by atoms with Crippen LogP contribution in [0.1, 0.15) is 41.7 Å². The Labute approximate surface area is 168 Å². The van der Waals surface area contributed by atoms with Gasteiger partial charge in [-0.05, 0) is 55.7 Å². The molecule has 1 fully saturated rings. The summed E-state index contributed by atoms with van der Waals surface area (Å²) in [5, 5.41) is 2.76. The Morgan fingerprint density at radius 1 is 1.25 bits per heavy atom. The lowest BCUT2D eigenvalue weighted by atomic mass is 10.1. The Balaban J connectivity index is 1.78. The smallest absolute Gasteiger partial charge is 0.251 e. The number of carbonyl (C=O) groups is 1. The molecule has 0 heterocycles. The second-order valence-electron chi connectivity index (χ2n) is 6.63. The van der Waals surface area contributed by atoms with Crippen LogP contribution in [0.5, 0.6) is 5.75 Å². The summed E-state index contributed by atoms with van der Waals surface area (Å²) >= 11 is 6.03. The monoisotopic (exact) mass is 426 g/mol. The molecule has 2 N–H and O–H groups in total. The van der Waals surface area contributed by atoms with Gasteiger partial charge in [0, 0.05) is 11.6 Å². The zero-order chi connectivity index (χ0) is 20.5. The largest absolute Gasteiger partial charge is 0.494 e. The van der Waals surface area contributed by atoms with Gasteiger partial charge in [0.1, 0.15) is 4.90 Å². The maximum atomic E-state index is 13.9. The van der Waals surface area contributed by atoms with Crippen LogP contribution in [0.25, 0.3) is 0 Å². The van der Waals surface area contributed by atoms with E-state index in [-0.39, 0.29) is 27.3 Å². The summed E-state index contributed by atoms with van der Waals surface area (Å²) in [6.45, 7) is 1.70. The minimum absolute atomic E-state index is 0.0370. The molecule has 6 nitrogen and oxygen atoms in total. The van der Waals surface area contributed by atoms with Crippen LogP contribution in [-0.4, -0.2) is 27.5 Å². The molecule has 1 aliphatic rings. The molecule has 28 heavy (non-hydrogen) atoms. The molecule has 1 aliphatic carbocycles. The highest BCUT2D eigenvalue weighted by Crippen LogP contribution is 2.27. The molecule has 0 aromatic heterocycles. The number of rotatable bonds is 7. The number of hydrogen-bond acceptors (Lipinski definition) is 4. The van der Waals surface area contributed by atoms with Gasteiger partial charge in [0.05, 0.1) is 18.2 Å². The van der Waals surface area contributed by atoms with Crippen LogP contribution in [0.4, 0.5) is 4.39 Å². The third kappa shape index (κ3) is 4.63. The predicted octanol–water partition coefficient (Wildman–Crippen LogP) is 3.42. The number of benzene rings is 2. The maximum Gasteiger partial charge on any atom is 0.251 e. The lowest BCUT2D eigenvalue weighted by molar-refractivity contribution is 0.0939. The van der Waals surface area contributed by atoms with E-state index < -0.39 is 27.8 Å². The van der Waals surface area contributed by atoms with Gasteiger partial charge in [-0.25, -0.2) is 17.5 Å². The molecule has 0 spiro atoms. The molecule has 1 atom stereocenters.